The minimum atomic E-state index is -0.301. The molecule has 4 aromatic rings. The van der Waals surface area contributed by atoms with E-state index in [9.17, 15) is 9.18 Å². The average molecular weight is 414 g/mol. The van der Waals surface area contributed by atoms with E-state index in [2.05, 4.69) is 19.6 Å². The molecule has 4 heterocycles. The van der Waals surface area contributed by atoms with Crippen molar-refractivity contribution in [2.24, 2.45) is 0 Å². The summed E-state index contributed by atoms with van der Waals surface area (Å²) in [7, 11) is 0. The highest BCUT2D eigenvalue weighted by molar-refractivity contribution is 7.17. The standard InChI is InChI=1S/C18H15FN6OS2/c1-9-15-21-22-16(17-20-10(2)23-28-17)25(15)7-6-24(9)18(26)12-3-4-13(19)14-11(12)5-8-27-14/h3-5,8-9H,6-7H2,1-2H3/t9-/m1/s1. The molecule has 1 aliphatic heterocycles. The van der Waals surface area contributed by atoms with Crippen molar-refractivity contribution in [2.45, 2.75) is 26.4 Å². The molecule has 0 fully saturated rings. The number of hydrogen-bond acceptors (Lipinski definition) is 7. The van der Waals surface area contributed by atoms with Crippen molar-refractivity contribution < 1.29 is 9.18 Å². The number of aryl methyl sites for hydroxylation is 1. The van der Waals surface area contributed by atoms with Gasteiger partial charge in [0, 0.05) is 24.0 Å². The van der Waals surface area contributed by atoms with E-state index in [1.807, 2.05) is 18.4 Å². The number of carbonyl (C=O) groups is 1. The van der Waals surface area contributed by atoms with Gasteiger partial charge in [0.15, 0.2) is 16.7 Å². The molecule has 10 heteroatoms. The van der Waals surface area contributed by atoms with E-state index < -0.39 is 0 Å². The predicted octanol–water partition coefficient (Wildman–Crippen LogP) is 3.68. The van der Waals surface area contributed by atoms with Crippen molar-refractivity contribution >= 4 is 38.9 Å². The van der Waals surface area contributed by atoms with Gasteiger partial charge in [-0.15, -0.1) is 21.5 Å². The summed E-state index contributed by atoms with van der Waals surface area (Å²) >= 11 is 2.59. The monoisotopic (exact) mass is 414 g/mol. The van der Waals surface area contributed by atoms with Gasteiger partial charge < -0.3 is 9.47 Å². The first-order chi connectivity index (χ1) is 13.5. The van der Waals surface area contributed by atoms with Crippen LogP contribution in [0.2, 0.25) is 0 Å². The molecule has 0 N–H and O–H groups in total. The molecule has 142 valence electrons. The van der Waals surface area contributed by atoms with Crippen molar-refractivity contribution in [1.29, 1.82) is 0 Å². The highest BCUT2D eigenvalue weighted by Gasteiger charge is 2.33. The number of nitrogens with zero attached hydrogens (tertiary/aromatic N) is 6. The van der Waals surface area contributed by atoms with Gasteiger partial charge >= 0.3 is 0 Å². The molecule has 0 unspecified atom stereocenters. The number of carbonyl (C=O) groups excluding carboxylic acids is 1. The number of rotatable bonds is 2. The number of thiophene rings is 1. The zero-order valence-corrected chi connectivity index (χ0v) is 16.7. The Hall–Kier alpha value is -2.72. The lowest BCUT2D eigenvalue weighted by Crippen LogP contribution is -2.41. The van der Waals surface area contributed by atoms with Crippen molar-refractivity contribution in [1.82, 2.24) is 29.0 Å². The van der Waals surface area contributed by atoms with Crippen LogP contribution in [-0.4, -0.2) is 41.5 Å². The van der Waals surface area contributed by atoms with E-state index in [1.54, 1.807) is 22.4 Å². The van der Waals surface area contributed by atoms with Crippen LogP contribution >= 0.6 is 22.9 Å². The lowest BCUT2D eigenvalue weighted by atomic mass is 10.1. The van der Waals surface area contributed by atoms with Crippen molar-refractivity contribution in [2.75, 3.05) is 6.54 Å². The summed E-state index contributed by atoms with van der Waals surface area (Å²) in [5, 5.41) is 11.8. The van der Waals surface area contributed by atoms with Gasteiger partial charge in [0.05, 0.1) is 10.7 Å². The van der Waals surface area contributed by atoms with E-state index >= 15 is 0 Å². The number of halogens is 1. The van der Waals surface area contributed by atoms with E-state index in [-0.39, 0.29) is 17.8 Å². The summed E-state index contributed by atoms with van der Waals surface area (Å²) in [6, 6.07) is 4.46. The molecule has 1 aliphatic rings. The van der Waals surface area contributed by atoms with E-state index in [0.717, 1.165) is 5.01 Å². The normalized spacial score (nSPS) is 16.5. The third kappa shape index (κ3) is 2.55. The number of amides is 1. The maximum absolute atomic E-state index is 14.0. The topological polar surface area (TPSA) is 76.8 Å². The fourth-order valence-corrected chi connectivity index (χ4v) is 5.07. The van der Waals surface area contributed by atoms with Gasteiger partial charge in [-0.2, -0.15) is 4.37 Å². The molecule has 3 aromatic heterocycles. The van der Waals surface area contributed by atoms with Crippen molar-refractivity contribution in [3.05, 3.63) is 46.6 Å². The molecule has 0 bridgehead atoms. The first-order valence-electron chi connectivity index (χ1n) is 8.75. The van der Waals surface area contributed by atoms with Crippen LogP contribution in [0, 0.1) is 12.7 Å². The van der Waals surface area contributed by atoms with Crippen LogP contribution in [-0.2, 0) is 6.54 Å². The second kappa shape index (κ2) is 6.42. The van der Waals surface area contributed by atoms with Crippen molar-refractivity contribution in [3.63, 3.8) is 0 Å². The second-order valence-electron chi connectivity index (χ2n) is 6.61. The Kier molecular flexibility index (Phi) is 3.98. The summed E-state index contributed by atoms with van der Waals surface area (Å²) < 4.78 is 20.7. The predicted molar refractivity (Wildman–Crippen MR) is 105 cm³/mol. The number of benzene rings is 1. The third-order valence-electron chi connectivity index (χ3n) is 4.96. The molecule has 5 rings (SSSR count). The van der Waals surface area contributed by atoms with Crippen LogP contribution in [0.15, 0.2) is 23.6 Å². The summed E-state index contributed by atoms with van der Waals surface area (Å²) in [5.41, 5.74) is 0.512. The van der Waals surface area contributed by atoms with Gasteiger partial charge in [0.2, 0.25) is 0 Å². The Morgan fingerprint density at radius 1 is 1.25 bits per heavy atom. The average Bonchev–Trinajstić information content (AvgIpc) is 3.41. The second-order valence-corrected chi connectivity index (χ2v) is 8.28. The molecule has 0 spiro atoms. The summed E-state index contributed by atoms with van der Waals surface area (Å²) in [4.78, 5) is 19.4. The van der Waals surface area contributed by atoms with Crippen LogP contribution < -0.4 is 0 Å². The highest BCUT2D eigenvalue weighted by atomic mass is 32.1. The summed E-state index contributed by atoms with van der Waals surface area (Å²) in [6.45, 7) is 4.85. The molecule has 7 nitrogen and oxygen atoms in total. The number of aromatic nitrogens is 5. The first-order valence-corrected chi connectivity index (χ1v) is 10.4. The lowest BCUT2D eigenvalue weighted by molar-refractivity contribution is 0.0640. The summed E-state index contributed by atoms with van der Waals surface area (Å²) in [5.74, 6) is 1.67. The third-order valence-corrected chi connectivity index (χ3v) is 6.69. The van der Waals surface area contributed by atoms with Gasteiger partial charge in [-0.05, 0) is 49.0 Å². The van der Waals surface area contributed by atoms with Gasteiger partial charge in [-0.3, -0.25) is 4.79 Å². The van der Waals surface area contributed by atoms with Crippen LogP contribution in [0.1, 0.15) is 35.0 Å². The minimum Gasteiger partial charge on any atom is -0.327 e. The SMILES string of the molecule is Cc1nsc(-c2nnc3n2CCN(C(=O)c2ccc(F)c4sccc24)[C@@H]3C)n1. The highest BCUT2D eigenvalue weighted by Crippen LogP contribution is 2.33. The Bertz CT molecular complexity index is 1210. The molecular weight excluding hydrogens is 399 g/mol. The quantitative estimate of drug-likeness (QED) is 0.500. The van der Waals surface area contributed by atoms with Gasteiger partial charge in [0.1, 0.15) is 11.6 Å². The molecule has 0 aliphatic carbocycles. The maximum atomic E-state index is 14.0. The van der Waals surface area contributed by atoms with E-state index in [0.29, 0.717) is 46.2 Å². The summed E-state index contributed by atoms with van der Waals surface area (Å²) in [6.07, 6.45) is 0. The van der Waals surface area contributed by atoms with Gasteiger partial charge in [-0.25, -0.2) is 9.37 Å². The largest absolute Gasteiger partial charge is 0.327 e. The maximum Gasteiger partial charge on any atom is 0.255 e. The molecule has 1 amide bonds. The molecule has 0 saturated carbocycles. The molecule has 1 atom stereocenters. The molecule has 0 saturated heterocycles. The number of hydrogen-bond donors (Lipinski definition) is 0. The van der Waals surface area contributed by atoms with E-state index in [4.69, 9.17) is 0 Å². The van der Waals surface area contributed by atoms with Crippen molar-refractivity contribution in [3.8, 4) is 10.8 Å². The van der Waals surface area contributed by atoms with Crippen LogP contribution in [0.5, 0.6) is 0 Å². The molecule has 28 heavy (non-hydrogen) atoms. The number of fused-ring (bicyclic) bond motifs is 2. The van der Waals surface area contributed by atoms with Gasteiger partial charge in [0.25, 0.3) is 5.91 Å². The van der Waals surface area contributed by atoms with Crippen LogP contribution in [0.3, 0.4) is 0 Å². The van der Waals surface area contributed by atoms with Crippen LogP contribution in [0.4, 0.5) is 4.39 Å². The Morgan fingerprint density at radius 3 is 2.89 bits per heavy atom. The lowest BCUT2D eigenvalue weighted by Gasteiger charge is -2.33. The van der Waals surface area contributed by atoms with Gasteiger partial charge in [-0.1, -0.05) is 0 Å². The van der Waals surface area contributed by atoms with Crippen LogP contribution in [0.25, 0.3) is 20.9 Å². The Balaban J connectivity index is 1.50. The zero-order valence-electron chi connectivity index (χ0n) is 15.1. The fourth-order valence-electron chi connectivity index (χ4n) is 3.58. The molecular formula is C18H15FN6OS2. The zero-order chi connectivity index (χ0) is 19.4. The smallest absolute Gasteiger partial charge is 0.255 e. The van der Waals surface area contributed by atoms with E-state index in [1.165, 1.54) is 28.9 Å². The molecule has 0 radical (unpaired) electrons. The first kappa shape index (κ1) is 17.4. The minimum absolute atomic E-state index is 0.126. The Labute approximate surface area is 167 Å². The Morgan fingerprint density at radius 2 is 2.11 bits per heavy atom. The fraction of sp³-hybridized carbons (Fsp3) is 0.278. The molecule has 1 aromatic carbocycles.